The minimum Gasteiger partial charge on any atom is -0.480 e. The van der Waals surface area contributed by atoms with Gasteiger partial charge in [0.2, 0.25) is 5.91 Å². The molecule has 120 valence electrons. The van der Waals surface area contributed by atoms with Crippen LogP contribution in [0, 0.1) is 12.8 Å². The number of amides is 1. The van der Waals surface area contributed by atoms with Gasteiger partial charge in [-0.3, -0.25) is 4.79 Å². The molecule has 1 fully saturated rings. The van der Waals surface area contributed by atoms with Crippen LogP contribution in [0.5, 0.6) is 0 Å². The van der Waals surface area contributed by atoms with Crippen LogP contribution in [0.15, 0.2) is 24.3 Å². The second-order valence-electron chi connectivity index (χ2n) is 5.66. The highest BCUT2D eigenvalue weighted by Gasteiger charge is 2.41. The molecule has 1 N–H and O–H groups in total. The number of nitrogens with zero attached hydrogens (tertiary/aromatic N) is 1. The lowest BCUT2D eigenvalue weighted by Crippen LogP contribution is -2.47. The first-order valence-electron chi connectivity index (χ1n) is 7.25. The Morgan fingerprint density at radius 2 is 2.23 bits per heavy atom. The molecule has 3 atom stereocenters. The third-order valence-corrected chi connectivity index (χ3v) is 5.58. The van der Waals surface area contributed by atoms with E-state index in [0.29, 0.717) is 18.1 Å². The van der Waals surface area contributed by atoms with E-state index in [1.165, 1.54) is 16.7 Å². The van der Waals surface area contributed by atoms with Crippen molar-refractivity contribution in [3.63, 3.8) is 0 Å². The summed E-state index contributed by atoms with van der Waals surface area (Å²) in [5, 5.41) is 9.27. The Kier molecular flexibility index (Phi) is 5.81. The first-order valence-corrected chi connectivity index (χ1v) is 8.93. The van der Waals surface area contributed by atoms with Crippen molar-refractivity contribution in [3.8, 4) is 0 Å². The van der Waals surface area contributed by atoms with Gasteiger partial charge in [-0.15, -0.1) is 11.8 Å². The van der Waals surface area contributed by atoms with E-state index in [0.717, 1.165) is 11.1 Å². The first-order chi connectivity index (χ1) is 10.4. The van der Waals surface area contributed by atoms with Crippen LogP contribution in [0.4, 0.5) is 0 Å². The van der Waals surface area contributed by atoms with Crippen LogP contribution in [0.2, 0.25) is 0 Å². The Morgan fingerprint density at radius 1 is 1.50 bits per heavy atom. The standard InChI is InChI=1S/C16H21NO3S2/c1-10-4-3-5-12(6-10)7-13(8-21)15(18)17-9-22-11(2)14(17)16(19)20/h3-6,11,13-14,21H,7-9H2,1-2H3,(H,19,20)/t11?,13-,14-/m1/s1. The van der Waals surface area contributed by atoms with Gasteiger partial charge in [0.1, 0.15) is 6.04 Å². The van der Waals surface area contributed by atoms with Crippen LogP contribution in [-0.4, -0.2) is 44.8 Å². The number of rotatable bonds is 5. The van der Waals surface area contributed by atoms with Crippen molar-refractivity contribution < 1.29 is 14.7 Å². The van der Waals surface area contributed by atoms with E-state index < -0.39 is 12.0 Å². The number of thiol groups is 1. The molecule has 0 radical (unpaired) electrons. The van der Waals surface area contributed by atoms with Crippen molar-refractivity contribution in [1.82, 2.24) is 4.90 Å². The van der Waals surface area contributed by atoms with Gasteiger partial charge < -0.3 is 10.0 Å². The van der Waals surface area contributed by atoms with Crippen molar-refractivity contribution >= 4 is 36.3 Å². The number of carboxylic acids is 1. The number of hydrogen-bond donors (Lipinski definition) is 2. The molecular formula is C16H21NO3S2. The average Bonchev–Trinajstić information content (AvgIpc) is 2.86. The van der Waals surface area contributed by atoms with Crippen molar-refractivity contribution in [1.29, 1.82) is 0 Å². The van der Waals surface area contributed by atoms with Gasteiger partial charge in [-0.2, -0.15) is 12.6 Å². The summed E-state index contributed by atoms with van der Waals surface area (Å²) in [5.41, 5.74) is 2.23. The van der Waals surface area contributed by atoms with E-state index in [1.807, 2.05) is 32.0 Å². The maximum atomic E-state index is 12.7. The van der Waals surface area contributed by atoms with Gasteiger partial charge in [0.05, 0.1) is 11.8 Å². The van der Waals surface area contributed by atoms with Gasteiger partial charge in [0, 0.05) is 11.0 Å². The Morgan fingerprint density at radius 3 is 2.82 bits per heavy atom. The van der Waals surface area contributed by atoms with Crippen molar-refractivity contribution in [3.05, 3.63) is 35.4 Å². The average molecular weight is 339 g/mol. The summed E-state index contributed by atoms with van der Waals surface area (Å²) >= 11 is 5.81. The Labute approximate surface area is 140 Å². The van der Waals surface area contributed by atoms with Crippen LogP contribution < -0.4 is 0 Å². The third-order valence-electron chi connectivity index (χ3n) is 3.93. The number of benzene rings is 1. The highest BCUT2D eigenvalue weighted by molar-refractivity contribution is 8.00. The summed E-state index contributed by atoms with van der Waals surface area (Å²) in [4.78, 5) is 25.6. The molecule has 6 heteroatoms. The number of hydrogen-bond acceptors (Lipinski definition) is 4. The van der Waals surface area contributed by atoms with Gasteiger partial charge in [-0.25, -0.2) is 4.79 Å². The summed E-state index contributed by atoms with van der Waals surface area (Å²) in [7, 11) is 0. The summed E-state index contributed by atoms with van der Waals surface area (Å²) < 4.78 is 0. The molecule has 1 aliphatic heterocycles. The fraction of sp³-hybridized carbons (Fsp3) is 0.500. The molecule has 1 amide bonds. The molecule has 1 aromatic rings. The smallest absolute Gasteiger partial charge is 0.327 e. The Bertz CT molecular complexity index is 564. The zero-order valence-electron chi connectivity index (χ0n) is 12.7. The molecular weight excluding hydrogens is 318 g/mol. The summed E-state index contributed by atoms with van der Waals surface area (Å²) in [6.45, 7) is 3.87. The maximum absolute atomic E-state index is 12.7. The molecule has 1 aliphatic rings. The molecule has 1 unspecified atom stereocenters. The number of aliphatic carboxylic acids is 1. The van der Waals surface area contributed by atoms with Crippen molar-refractivity contribution in [2.45, 2.75) is 31.6 Å². The molecule has 0 aliphatic carbocycles. The molecule has 0 aromatic heterocycles. The van der Waals surface area contributed by atoms with Crippen LogP contribution in [0.25, 0.3) is 0 Å². The number of thioether (sulfide) groups is 1. The minimum absolute atomic E-state index is 0.0824. The monoisotopic (exact) mass is 339 g/mol. The topological polar surface area (TPSA) is 57.6 Å². The summed E-state index contributed by atoms with van der Waals surface area (Å²) in [5.74, 6) is -0.484. The molecule has 1 heterocycles. The molecule has 0 bridgehead atoms. The van der Waals surface area contributed by atoms with Crippen LogP contribution in [0.3, 0.4) is 0 Å². The molecule has 22 heavy (non-hydrogen) atoms. The van der Waals surface area contributed by atoms with Gasteiger partial charge in [0.15, 0.2) is 0 Å². The molecule has 0 saturated carbocycles. The number of carbonyl (C=O) groups excluding carboxylic acids is 1. The largest absolute Gasteiger partial charge is 0.480 e. The van der Waals surface area contributed by atoms with E-state index in [9.17, 15) is 14.7 Å². The van der Waals surface area contributed by atoms with Crippen LogP contribution in [0.1, 0.15) is 18.1 Å². The normalized spacial score (nSPS) is 22.6. The third kappa shape index (κ3) is 3.79. The molecule has 4 nitrogen and oxygen atoms in total. The van der Waals surface area contributed by atoms with Crippen LogP contribution >= 0.6 is 24.4 Å². The van der Waals surface area contributed by atoms with E-state index in [1.54, 1.807) is 0 Å². The van der Waals surface area contributed by atoms with Gasteiger partial charge >= 0.3 is 5.97 Å². The van der Waals surface area contributed by atoms with E-state index in [2.05, 4.69) is 18.7 Å². The van der Waals surface area contributed by atoms with E-state index >= 15 is 0 Å². The molecule has 1 saturated heterocycles. The fourth-order valence-corrected chi connectivity index (χ4v) is 4.16. The second-order valence-corrected chi connectivity index (χ2v) is 7.36. The maximum Gasteiger partial charge on any atom is 0.327 e. The highest BCUT2D eigenvalue weighted by atomic mass is 32.2. The molecule has 2 rings (SSSR count). The zero-order valence-corrected chi connectivity index (χ0v) is 14.4. The molecule has 0 spiro atoms. The Balaban J connectivity index is 2.13. The lowest BCUT2D eigenvalue weighted by atomic mass is 9.97. The second kappa shape index (κ2) is 7.42. The van der Waals surface area contributed by atoms with Gasteiger partial charge in [-0.05, 0) is 18.9 Å². The van der Waals surface area contributed by atoms with Crippen LogP contribution in [-0.2, 0) is 16.0 Å². The predicted molar refractivity (Wildman–Crippen MR) is 92.4 cm³/mol. The first kappa shape index (κ1) is 17.2. The lowest BCUT2D eigenvalue weighted by molar-refractivity contribution is -0.149. The quantitative estimate of drug-likeness (QED) is 0.809. The van der Waals surface area contributed by atoms with Crippen molar-refractivity contribution in [2.24, 2.45) is 5.92 Å². The lowest BCUT2D eigenvalue weighted by Gasteiger charge is -2.26. The zero-order chi connectivity index (χ0) is 16.3. The van der Waals surface area contributed by atoms with Crippen molar-refractivity contribution in [2.75, 3.05) is 11.6 Å². The molecule has 1 aromatic carbocycles. The summed E-state index contributed by atoms with van der Waals surface area (Å²) in [6, 6.07) is 7.29. The number of aryl methyl sites for hydroxylation is 1. The number of carboxylic acid groups (broad SMARTS) is 1. The number of carbonyl (C=O) groups is 2. The highest BCUT2D eigenvalue weighted by Crippen LogP contribution is 2.31. The summed E-state index contributed by atoms with van der Waals surface area (Å²) in [6.07, 6.45) is 0.589. The van der Waals surface area contributed by atoms with Gasteiger partial charge in [0.25, 0.3) is 0 Å². The van der Waals surface area contributed by atoms with Gasteiger partial charge in [-0.1, -0.05) is 36.8 Å². The fourth-order valence-electron chi connectivity index (χ4n) is 2.75. The predicted octanol–water partition coefficient (Wildman–Crippen LogP) is 2.46. The SMILES string of the molecule is Cc1cccc(C[C@H](CS)C(=O)N2CSC(C)[C@@H]2C(=O)O)c1. The minimum atomic E-state index is -0.931. The van der Waals surface area contributed by atoms with E-state index in [4.69, 9.17) is 0 Å². The van der Waals surface area contributed by atoms with E-state index in [-0.39, 0.29) is 17.1 Å². The Hall–Kier alpha value is -1.14.